The number of methoxy groups -OCH3 is 1. The average molecular weight is 361 g/mol. The zero-order valence-electron chi connectivity index (χ0n) is 15.6. The Morgan fingerprint density at radius 1 is 1.11 bits per heavy atom. The molecule has 0 N–H and O–H groups in total. The molecule has 1 atom stereocenters. The van der Waals surface area contributed by atoms with Crippen LogP contribution in [0.2, 0.25) is 0 Å². The second-order valence-corrected chi connectivity index (χ2v) is 6.86. The zero-order chi connectivity index (χ0) is 18.6. The third-order valence-corrected chi connectivity index (χ3v) is 4.84. The molecule has 0 unspecified atom stereocenters. The van der Waals surface area contributed by atoms with Gasteiger partial charge in [-0.05, 0) is 30.3 Å². The van der Waals surface area contributed by atoms with Gasteiger partial charge in [-0.15, -0.1) is 0 Å². The first-order valence-corrected chi connectivity index (χ1v) is 9.12. The molecule has 0 fully saturated rings. The van der Waals surface area contributed by atoms with E-state index < -0.39 is 0 Å². The summed E-state index contributed by atoms with van der Waals surface area (Å²) in [6.07, 6.45) is 2.71. The molecule has 4 rings (SSSR count). The van der Waals surface area contributed by atoms with Crippen molar-refractivity contribution in [2.45, 2.75) is 19.1 Å². The molecule has 0 bridgehead atoms. The van der Waals surface area contributed by atoms with Gasteiger partial charge in [0.25, 0.3) is 0 Å². The molecule has 1 aliphatic rings. The maximum Gasteiger partial charge on any atom is 0.145 e. The van der Waals surface area contributed by atoms with E-state index in [1.54, 1.807) is 13.3 Å². The normalized spacial score (nSPS) is 16.4. The SMILES string of the molecule is COc1ccc(CN(C)C[C@@H]2CC(c3ccccc3)=NO2)c2cccnc12. The lowest BCUT2D eigenvalue weighted by atomic mass is 10.0. The number of benzene rings is 2. The van der Waals surface area contributed by atoms with Crippen LogP contribution in [0, 0.1) is 0 Å². The van der Waals surface area contributed by atoms with Crippen LogP contribution in [0.25, 0.3) is 10.9 Å². The second kappa shape index (κ2) is 7.76. The summed E-state index contributed by atoms with van der Waals surface area (Å²) in [5, 5.41) is 5.41. The largest absolute Gasteiger partial charge is 0.494 e. The monoisotopic (exact) mass is 361 g/mol. The molecule has 3 aromatic rings. The van der Waals surface area contributed by atoms with Gasteiger partial charge in [-0.2, -0.15) is 0 Å². The van der Waals surface area contributed by atoms with Gasteiger partial charge in [0, 0.05) is 31.1 Å². The number of pyridine rings is 1. The molecule has 27 heavy (non-hydrogen) atoms. The van der Waals surface area contributed by atoms with Crippen molar-refractivity contribution in [2.24, 2.45) is 5.16 Å². The predicted octanol–water partition coefficient (Wildman–Crippen LogP) is 3.87. The van der Waals surface area contributed by atoms with Gasteiger partial charge in [-0.25, -0.2) is 0 Å². The fraction of sp³-hybridized carbons (Fsp3) is 0.273. The van der Waals surface area contributed by atoms with Gasteiger partial charge in [0.2, 0.25) is 0 Å². The molecule has 0 aliphatic carbocycles. The maximum absolute atomic E-state index is 5.67. The second-order valence-electron chi connectivity index (χ2n) is 6.86. The molecule has 0 saturated carbocycles. The molecule has 0 amide bonds. The van der Waals surface area contributed by atoms with E-state index in [4.69, 9.17) is 9.57 Å². The van der Waals surface area contributed by atoms with E-state index in [0.29, 0.717) is 0 Å². The number of rotatable bonds is 6. The first kappa shape index (κ1) is 17.5. The summed E-state index contributed by atoms with van der Waals surface area (Å²) < 4.78 is 5.44. The predicted molar refractivity (Wildman–Crippen MR) is 107 cm³/mol. The average Bonchev–Trinajstić information content (AvgIpc) is 3.17. The fourth-order valence-corrected chi connectivity index (χ4v) is 3.54. The van der Waals surface area contributed by atoms with E-state index >= 15 is 0 Å². The number of fused-ring (bicyclic) bond motifs is 1. The minimum absolute atomic E-state index is 0.0767. The molecule has 1 aromatic heterocycles. The summed E-state index contributed by atoms with van der Waals surface area (Å²) in [5.74, 6) is 0.803. The van der Waals surface area contributed by atoms with Gasteiger partial charge >= 0.3 is 0 Å². The summed E-state index contributed by atoms with van der Waals surface area (Å²) >= 11 is 0. The van der Waals surface area contributed by atoms with E-state index in [2.05, 4.69) is 46.4 Å². The van der Waals surface area contributed by atoms with Crippen molar-refractivity contribution in [1.29, 1.82) is 0 Å². The Morgan fingerprint density at radius 3 is 2.78 bits per heavy atom. The van der Waals surface area contributed by atoms with Gasteiger partial charge in [0.15, 0.2) is 0 Å². The Kier molecular flexibility index (Phi) is 5.03. The molecule has 5 nitrogen and oxygen atoms in total. The van der Waals surface area contributed by atoms with Gasteiger partial charge < -0.3 is 9.57 Å². The topological polar surface area (TPSA) is 47.0 Å². The van der Waals surface area contributed by atoms with E-state index in [0.717, 1.165) is 47.4 Å². The smallest absolute Gasteiger partial charge is 0.145 e. The molecular formula is C22H23N3O2. The molecule has 0 saturated heterocycles. The van der Waals surface area contributed by atoms with Crippen molar-refractivity contribution in [3.05, 3.63) is 71.9 Å². The minimum atomic E-state index is 0.0767. The molecule has 0 radical (unpaired) electrons. The molecule has 5 heteroatoms. The summed E-state index contributed by atoms with van der Waals surface area (Å²) in [4.78, 5) is 12.4. The van der Waals surface area contributed by atoms with Crippen LogP contribution in [-0.2, 0) is 11.4 Å². The minimum Gasteiger partial charge on any atom is -0.494 e. The van der Waals surface area contributed by atoms with Crippen molar-refractivity contribution in [1.82, 2.24) is 9.88 Å². The molecule has 1 aliphatic heterocycles. The third-order valence-electron chi connectivity index (χ3n) is 4.84. The van der Waals surface area contributed by atoms with Crippen LogP contribution < -0.4 is 4.74 Å². The highest BCUT2D eigenvalue weighted by molar-refractivity contribution is 6.01. The van der Waals surface area contributed by atoms with Gasteiger partial charge in [0.1, 0.15) is 17.4 Å². The number of nitrogens with zero attached hydrogens (tertiary/aromatic N) is 3. The van der Waals surface area contributed by atoms with Crippen molar-refractivity contribution in [3.8, 4) is 5.75 Å². The number of hydrogen-bond donors (Lipinski definition) is 0. The summed E-state index contributed by atoms with van der Waals surface area (Å²) in [6, 6.07) is 18.4. The quantitative estimate of drug-likeness (QED) is 0.669. The Labute approximate surface area is 159 Å². The molecule has 2 aromatic carbocycles. The zero-order valence-corrected chi connectivity index (χ0v) is 15.6. The van der Waals surface area contributed by atoms with Crippen LogP contribution in [0.3, 0.4) is 0 Å². The van der Waals surface area contributed by atoms with Crippen molar-refractivity contribution in [3.63, 3.8) is 0 Å². The first-order chi connectivity index (χ1) is 13.2. The van der Waals surface area contributed by atoms with Crippen molar-refractivity contribution < 1.29 is 9.57 Å². The van der Waals surface area contributed by atoms with Gasteiger partial charge in [0.05, 0.1) is 12.8 Å². The maximum atomic E-state index is 5.67. The molecule has 2 heterocycles. The van der Waals surface area contributed by atoms with Crippen LogP contribution in [0.1, 0.15) is 17.5 Å². The molecule has 138 valence electrons. The summed E-state index contributed by atoms with van der Waals surface area (Å²) in [5.41, 5.74) is 4.28. The van der Waals surface area contributed by atoms with Crippen LogP contribution in [0.4, 0.5) is 0 Å². The Bertz CT molecular complexity index is 956. The lowest BCUT2D eigenvalue weighted by molar-refractivity contribution is 0.0577. The van der Waals surface area contributed by atoms with E-state index in [9.17, 15) is 0 Å². The highest BCUT2D eigenvalue weighted by Crippen LogP contribution is 2.27. The standard InChI is InChI=1S/C22H23N3O2/c1-25(15-18-13-20(24-27-18)16-7-4-3-5-8-16)14-17-10-11-21(26-2)22-19(17)9-6-12-23-22/h3-12,18H,13-15H2,1-2H3/t18-/m0/s1. The number of hydrogen-bond acceptors (Lipinski definition) is 5. The highest BCUT2D eigenvalue weighted by atomic mass is 16.6. The molecular weight excluding hydrogens is 338 g/mol. The van der Waals surface area contributed by atoms with Crippen molar-refractivity contribution >= 4 is 16.6 Å². The van der Waals surface area contributed by atoms with Crippen LogP contribution in [-0.4, -0.2) is 42.4 Å². The third kappa shape index (κ3) is 3.78. The van der Waals surface area contributed by atoms with E-state index in [1.165, 1.54) is 5.56 Å². The fourth-order valence-electron chi connectivity index (χ4n) is 3.54. The number of oxime groups is 1. The van der Waals surface area contributed by atoms with Gasteiger partial charge in [-0.3, -0.25) is 9.88 Å². The van der Waals surface area contributed by atoms with E-state index in [1.807, 2.05) is 30.3 Å². The first-order valence-electron chi connectivity index (χ1n) is 9.12. The van der Waals surface area contributed by atoms with Crippen LogP contribution >= 0.6 is 0 Å². The van der Waals surface area contributed by atoms with Gasteiger partial charge in [-0.1, -0.05) is 47.6 Å². The lowest BCUT2D eigenvalue weighted by Crippen LogP contribution is -2.29. The van der Waals surface area contributed by atoms with E-state index in [-0.39, 0.29) is 6.10 Å². The number of ether oxygens (including phenoxy) is 1. The van der Waals surface area contributed by atoms with Crippen LogP contribution in [0.5, 0.6) is 5.75 Å². The summed E-state index contributed by atoms with van der Waals surface area (Å²) in [6.45, 7) is 1.63. The van der Waals surface area contributed by atoms with Crippen LogP contribution in [0.15, 0.2) is 65.9 Å². The molecule has 0 spiro atoms. The Hall–Kier alpha value is -2.92. The number of aromatic nitrogens is 1. The summed E-state index contributed by atoms with van der Waals surface area (Å²) in [7, 11) is 3.79. The Balaban J connectivity index is 1.42. The number of likely N-dealkylation sites (N-methyl/N-ethyl adjacent to an activating group) is 1. The highest BCUT2D eigenvalue weighted by Gasteiger charge is 2.23. The Morgan fingerprint density at radius 2 is 1.96 bits per heavy atom. The lowest BCUT2D eigenvalue weighted by Gasteiger charge is -2.20. The van der Waals surface area contributed by atoms with Crippen molar-refractivity contribution in [2.75, 3.05) is 20.7 Å².